The Morgan fingerprint density at radius 3 is 2.50 bits per heavy atom. The number of hydrogen-bond donors (Lipinski definition) is 2. The minimum atomic E-state index is -1.02. The van der Waals surface area contributed by atoms with Crippen molar-refractivity contribution in [2.75, 3.05) is 6.61 Å². The average molecular weight is 271 g/mol. The van der Waals surface area contributed by atoms with Gasteiger partial charge in [-0.1, -0.05) is 42.5 Å². The first kappa shape index (κ1) is 14.6. The number of rotatable bonds is 5. The highest BCUT2D eigenvalue weighted by Crippen LogP contribution is 2.23. The molecule has 0 aromatic heterocycles. The molecule has 0 amide bonds. The molecule has 106 valence electrons. The summed E-state index contributed by atoms with van der Waals surface area (Å²) in [5, 5.41) is 10.5. The second-order valence-electron chi connectivity index (χ2n) is 5.29. The van der Waals surface area contributed by atoms with E-state index in [1.807, 2.05) is 61.5 Å². The first-order valence-electron chi connectivity index (χ1n) is 6.75. The van der Waals surface area contributed by atoms with Gasteiger partial charge in [0, 0.05) is 6.04 Å². The Kier molecular flexibility index (Phi) is 4.42. The predicted molar refractivity (Wildman–Crippen MR) is 80.6 cm³/mol. The minimum absolute atomic E-state index is 0.0341. The van der Waals surface area contributed by atoms with Gasteiger partial charge < -0.3 is 15.6 Å². The van der Waals surface area contributed by atoms with E-state index in [2.05, 4.69) is 0 Å². The third-order valence-corrected chi connectivity index (χ3v) is 3.30. The van der Waals surface area contributed by atoms with Gasteiger partial charge in [-0.15, -0.1) is 0 Å². The zero-order chi connectivity index (χ0) is 14.6. The minimum Gasteiger partial charge on any atom is -0.490 e. The molecule has 0 aliphatic rings. The van der Waals surface area contributed by atoms with Gasteiger partial charge in [-0.3, -0.25) is 0 Å². The summed E-state index contributed by atoms with van der Waals surface area (Å²) in [7, 11) is 0. The Labute approximate surface area is 120 Å². The number of ether oxygens (including phenoxy) is 1. The second-order valence-corrected chi connectivity index (χ2v) is 5.29. The molecule has 3 nitrogen and oxygen atoms in total. The van der Waals surface area contributed by atoms with Crippen LogP contribution >= 0.6 is 0 Å². The van der Waals surface area contributed by atoms with E-state index in [9.17, 15) is 5.11 Å². The molecule has 0 bridgehead atoms. The molecule has 1 unspecified atom stereocenters. The topological polar surface area (TPSA) is 55.5 Å². The van der Waals surface area contributed by atoms with E-state index in [0.717, 1.165) is 16.9 Å². The van der Waals surface area contributed by atoms with Crippen molar-refractivity contribution in [3.05, 3.63) is 65.7 Å². The third-order valence-electron chi connectivity index (χ3n) is 3.30. The second kappa shape index (κ2) is 6.07. The van der Waals surface area contributed by atoms with Crippen LogP contribution in [0.15, 0.2) is 54.6 Å². The monoisotopic (exact) mass is 271 g/mol. The highest BCUT2D eigenvalue weighted by Gasteiger charge is 2.23. The van der Waals surface area contributed by atoms with Gasteiger partial charge in [-0.25, -0.2) is 0 Å². The Morgan fingerprint density at radius 2 is 1.85 bits per heavy atom. The van der Waals surface area contributed by atoms with Gasteiger partial charge in [0.2, 0.25) is 0 Å². The van der Waals surface area contributed by atoms with Crippen molar-refractivity contribution in [2.24, 2.45) is 5.73 Å². The number of benzene rings is 2. The van der Waals surface area contributed by atoms with Crippen LogP contribution in [0.25, 0.3) is 0 Å². The van der Waals surface area contributed by atoms with Gasteiger partial charge in [0.05, 0.1) is 0 Å². The first-order chi connectivity index (χ1) is 9.49. The molecule has 2 atom stereocenters. The molecule has 2 rings (SSSR count). The quantitative estimate of drug-likeness (QED) is 0.879. The third kappa shape index (κ3) is 3.59. The summed E-state index contributed by atoms with van der Waals surface area (Å²) in [6.07, 6.45) is 0. The van der Waals surface area contributed by atoms with Crippen LogP contribution in [0, 0.1) is 0 Å². The van der Waals surface area contributed by atoms with Gasteiger partial charge in [0.25, 0.3) is 0 Å². The molecule has 0 heterocycles. The summed E-state index contributed by atoms with van der Waals surface area (Å²) >= 11 is 0. The van der Waals surface area contributed by atoms with E-state index in [-0.39, 0.29) is 12.6 Å². The molecule has 2 aromatic rings. The molecule has 0 saturated carbocycles. The zero-order valence-corrected chi connectivity index (χ0v) is 11.9. The smallest absolute Gasteiger partial charge is 0.121 e. The molecule has 3 N–H and O–H groups in total. The molecule has 0 radical (unpaired) electrons. The van der Waals surface area contributed by atoms with Crippen LogP contribution in [0.1, 0.15) is 31.0 Å². The van der Waals surface area contributed by atoms with E-state index in [1.54, 1.807) is 6.92 Å². The van der Waals surface area contributed by atoms with Crippen molar-refractivity contribution < 1.29 is 9.84 Å². The Morgan fingerprint density at radius 1 is 1.15 bits per heavy atom. The lowest BCUT2D eigenvalue weighted by Crippen LogP contribution is -2.29. The fourth-order valence-corrected chi connectivity index (χ4v) is 1.99. The van der Waals surface area contributed by atoms with E-state index in [1.165, 1.54) is 0 Å². The zero-order valence-electron chi connectivity index (χ0n) is 11.9. The van der Waals surface area contributed by atoms with Gasteiger partial charge in [-0.2, -0.15) is 0 Å². The first-order valence-corrected chi connectivity index (χ1v) is 6.75. The van der Waals surface area contributed by atoms with Crippen molar-refractivity contribution in [3.63, 3.8) is 0 Å². The highest BCUT2D eigenvalue weighted by molar-refractivity contribution is 5.30. The van der Waals surface area contributed by atoms with Crippen molar-refractivity contribution in [1.82, 2.24) is 0 Å². The molecule has 0 aliphatic carbocycles. The number of aliphatic hydroxyl groups is 1. The SMILES string of the molecule is C[C@H](N)c1cccc(OCC(C)(O)c2ccccc2)c1. The average Bonchev–Trinajstić information content (AvgIpc) is 2.46. The summed E-state index contributed by atoms with van der Waals surface area (Å²) in [6.45, 7) is 3.87. The van der Waals surface area contributed by atoms with Gasteiger partial charge >= 0.3 is 0 Å². The predicted octanol–water partition coefficient (Wildman–Crippen LogP) is 2.99. The molecule has 0 spiro atoms. The van der Waals surface area contributed by atoms with E-state index >= 15 is 0 Å². The van der Waals surface area contributed by atoms with Gasteiger partial charge in [0.15, 0.2) is 0 Å². The summed E-state index contributed by atoms with van der Waals surface area (Å²) in [5.74, 6) is 0.719. The molecule has 20 heavy (non-hydrogen) atoms. The molecule has 2 aromatic carbocycles. The molecule has 0 saturated heterocycles. The van der Waals surface area contributed by atoms with Gasteiger partial charge in [0.1, 0.15) is 18.0 Å². The lowest BCUT2D eigenvalue weighted by molar-refractivity contribution is 0.00757. The van der Waals surface area contributed by atoms with Crippen molar-refractivity contribution in [3.8, 4) is 5.75 Å². The molecular weight excluding hydrogens is 250 g/mol. The number of hydrogen-bond acceptors (Lipinski definition) is 3. The van der Waals surface area contributed by atoms with Crippen LogP contribution in [-0.2, 0) is 5.60 Å². The van der Waals surface area contributed by atoms with E-state index < -0.39 is 5.60 Å². The normalized spacial score (nSPS) is 15.4. The largest absolute Gasteiger partial charge is 0.490 e. The standard InChI is InChI=1S/C17H21NO2/c1-13(18)14-7-6-10-16(11-14)20-12-17(2,19)15-8-4-3-5-9-15/h3-11,13,19H,12,18H2,1-2H3/t13-,17?/m0/s1. The lowest BCUT2D eigenvalue weighted by atomic mass is 9.97. The van der Waals surface area contributed by atoms with E-state index in [4.69, 9.17) is 10.5 Å². The van der Waals surface area contributed by atoms with Crippen LogP contribution in [-0.4, -0.2) is 11.7 Å². The maximum atomic E-state index is 10.5. The fraction of sp³-hybridized carbons (Fsp3) is 0.294. The van der Waals surface area contributed by atoms with Crippen LogP contribution in [0.3, 0.4) is 0 Å². The Balaban J connectivity index is 2.06. The van der Waals surface area contributed by atoms with Crippen LogP contribution in [0.4, 0.5) is 0 Å². The van der Waals surface area contributed by atoms with Crippen molar-refractivity contribution in [1.29, 1.82) is 0 Å². The maximum Gasteiger partial charge on any atom is 0.121 e. The van der Waals surface area contributed by atoms with Crippen LogP contribution in [0.2, 0.25) is 0 Å². The summed E-state index contributed by atoms with van der Waals surface area (Å²) < 4.78 is 5.71. The molecule has 0 fully saturated rings. The highest BCUT2D eigenvalue weighted by atomic mass is 16.5. The van der Waals surface area contributed by atoms with Crippen molar-refractivity contribution in [2.45, 2.75) is 25.5 Å². The summed E-state index contributed by atoms with van der Waals surface area (Å²) in [6, 6.07) is 17.1. The Bertz CT molecular complexity index is 550. The van der Waals surface area contributed by atoms with Gasteiger partial charge in [-0.05, 0) is 37.1 Å². The molecule has 3 heteroatoms. The van der Waals surface area contributed by atoms with Crippen molar-refractivity contribution >= 4 is 0 Å². The molecular formula is C17H21NO2. The van der Waals surface area contributed by atoms with Crippen LogP contribution in [0.5, 0.6) is 5.75 Å². The molecule has 0 aliphatic heterocycles. The fourth-order valence-electron chi connectivity index (χ4n) is 1.99. The van der Waals surface area contributed by atoms with E-state index in [0.29, 0.717) is 0 Å². The summed E-state index contributed by atoms with van der Waals surface area (Å²) in [5.41, 5.74) is 6.68. The summed E-state index contributed by atoms with van der Waals surface area (Å²) in [4.78, 5) is 0. The lowest BCUT2D eigenvalue weighted by Gasteiger charge is -2.24. The Hall–Kier alpha value is -1.84. The number of nitrogens with two attached hydrogens (primary N) is 1. The van der Waals surface area contributed by atoms with Crippen LogP contribution < -0.4 is 10.5 Å². The maximum absolute atomic E-state index is 10.5.